The zero-order valence-electron chi connectivity index (χ0n) is 11.0. The third-order valence-electron chi connectivity index (χ3n) is 3.13. The summed E-state index contributed by atoms with van der Waals surface area (Å²) < 4.78 is 0. The third kappa shape index (κ3) is 3.10. The molecule has 0 heterocycles. The lowest BCUT2D eigenvalue weighted by molar-refractivity contribution is -0.119. The number of benzene rings is 2. The topological polar surface area (TPSA) is 69.6 Å². The summed E-state index contributed by atoms with van der Waals surface area (Å²) in [5, 5.41) is 24.8. The Balaban J connectivity index is 2.34. The Labute approximate surface area is 122 Å². The molecule has 0 aliphatic rings. The molecule has 0 radical (unpaired) electrons. The van der Waals surface area contributed by atoms with Crippen LogP contribution in [0.2, 0.25) is 5.02 Å². The highest BCUT2D eigenvalue weighted by molar-refractivity contribution is 6.35. The third-order valence-corrected chi connectivity index (χ3v) is 3.44. The van der Waals surface area contributed by atoms with Crippen LogP contribution >= 0.6 is 11.6 Å². The van der Waals surface area contributed by atoms with Gasteiger partial charge in [0.25, 0.3) is 0 Å². The molecular weight excluding hydrogens is 278 g/mol. The lowest BCUT2D eigenvalue weighted by atomic mass is 9.97. The quantitative estimate of drug-likeness (QED) is 0.808. The molecule has 2 unspecified atom stereocenters. The van der Waals surface area contributed by atoms with E-state index in [1.807, 2.05) is 18.2 Å². The molecule has 2 rings (SSSR count). The van der Waals surface area contributed by atoms with E-state index in [1.165, 1.54) is 6.92 Å². The lowest BCUT2D eigenvalue weighted by Gasteiger charge is -2.20. The fraction of sp³-hybridized carbons (Fsp3) is 0.267. The second kappa shape index (κ2) is 6.22. The van der Waals surface area contributed by atoms with Crippen LogP contribution in [0.25, 0.3) is 10.8 Å². The fourth-order valence-corrected chi connectivity index (χ4v) is 2.43. The van der Waals surface area contributed by atoms with Gasteiger partial charge in [0.1, 0.15) is 12.2 Å². The zero-order chi connectivity index (χ0) is 14.7. The summed E-state index contributed by atoms with van der Waals surface area (Å²) in [6.45, 7) is 1.34. The molecule has 0 spiro atoms. The average Bonchev–Trinajstić information content (AvgIpc) is 2.43. The monoisotopic (exact) mass is 293 g/mol. The first-order valence-corrected chi connectivity index (χ1v) is 6.66. The number of halogens is 1. The number of aliphatic hydroxyl groups is 2. The summed E-state index contributed by atoms with van der Waals surface area (Å²) in [6.07, 6.45) is -2.22. The van der Waals surface area contributed by atoms with Gasteiger partial charge in [-0.1, -0.05) is 41.9 Å². The van der Waals surface area contributed by atoms with Gasteiger partial charge in [0.2, 0.25) is 5.91 Å². The number of nitrogens with one attached hydrogen (secondary N) is 1. The Hall–Kier alpha value is -1.62. The molecule has 0 saturated carbocycles. The van der Waals surface area contributed by atoms with Gasteiger partial charge in [0.05, 0.1) is 0 Å². The molecule has 0 fully saturated rings. The maximum absolute atomic E-state index is 10.8. The van der Waals surface area contributed by atoms with Crippen LogP contribution in [0.15, 0.2) is 36.4 Å². The first kappa shape index (κ1) is 14.8. The molecule has 0 aromatic heterocycles. The van der Waals surface area contributed by atoms with Crippen LogP contribution in [-0.4, -0.2) is 28.8 Å². The van der Waals surface area contributed by atoms with E-state index in [2.05, 4.69) is 5.32 Å². The van der Waals surface area contributed by atoms with Crippen molar-refractivity contribution in [3.63, 3.8) is 0 Å². The minimum Gasteiger partial charge on any atom is -0.388 e. The predicted octanol–water partition coefficient (Wildman–Crippen LogP) is 2.02. The molecule has 2 aromatic carbocycles. The Bertz CT molecular complexity index is 624. The molecule has 20 heavy (non-hydrogen) atoms. The summed E-state index contributed by atoms with van der Waals surface area (Å²) in [4.78, 5) is 10.8. The molecule has 1 amide bonds. The van der Waals surface area contributed by atoms with Crippen molar-refractivity contribution in [2.45, 2.75) is 19.1 Å². The maximum Gasteiger partial charge on any atom is 0.216 e. The number of rotatable bonds is 4. The van der Waals surface area contributed by atoms with E-state index in [9.17, 15) is 15.0 Å². The Morgan fingerprint density at radius 1 is 1.25 bits per heavy atom. The second-order valence-corrected chi connectivity index (χ2v) is 5.04. The van der Waals surface area contributed by atoms with Crippen molar-refractivity contribution in [2.24, 2.45) is 0 Å². The van der Waals surface area contributed by atoms with E-state index in [0.29, 0.717) is 16.0 Å². The highest BCUT2D eigenvalue weighted by Crippen LogP contribution is 2.31. The zero-order valence-corrected chi connectivity index (χ0v) is 11.8. The van der Waals surface area contributed by atoms with E-state index in [-0.39, 0.29) is 12.5 Å². The number of carbonyl (C=O) groups is 1. The first-order chi connectivity index (χ1) is 9.50. The van der Waals surface area contributed by atoms with Crippen LogP contribution in [-0.2, 0) is 4.79 Å². The second-order valence-electron chi connectivity index (χ2n) is 4.63. The van der Waals surface area contributed by atoms with Crippen LogP contribution in [0.3, 0.4) is 0 Å². The van der Waals surface area contributed by atoms with Gasteiger partial charge in [-0.15, -0.1) is 0 Å². The number of fused-ring (bicyclic) bond motifs is 1. The van der Waals surface area contributed by atoms with Crippen molar-refractivity contribution in [2.75, 3.05) is 6.54 Å². The minimum absolute atomic E-state index is 0.0165. The number of amides is 1. The van der Waals surface area contributed by atoms with Gasteiger partial charge >= 0.3 is 0 Å². The Morgan fingerprint density at radius 2 is 1.90 bits per heavy atom. The largest absolute Gasteiger partial charge is 0.388 e. The number of hydrogen-bond acceptors (Lipinski definition) is 3. The molecule has 0 aliphatic heterocycles. The molecular formula is C15H16ClNO3. The molecule has 0 saturated heterocycles. The van der Waals surface area contributed by atoms with Crippen LogP contribution in [0.5, 0.6) is 0 Å². The Morgan fingerprint density at radius 3 is 2.55 bits per heavy atom. The molecule has 3 N–H and O–H groups in total. The van der Waals surface area contributed by atoms with Gasteiger partial charge in [-0.2, -0.15) is 0 Å². The van der Waals surface area contributed by atoms with E-state index < -0.39 is 12.2 Å². The van der Waals surface area contributed by atoms with Crippen molar-refractivity contribution >= 4 is 28.3 Å². The molecule has 4 nitrogen and oxygen atoms in total. The standard InChI is InChI=1S/C15H16ClNO3/c1-9(18)17-8-13(19)15(20)11-6-2-4-10-5-3-7-12(16)14(10)11/h2-7,13,15,19-20H,8H2,1H3,(H,17,18). The number of hydrogen-bond donors (Lipinski definition) is 3. The van der Waals surface area contributed by atoms with Gasteiger partial charge in [-0.05, 0) is 17.0 Å². The van der Waals surface area contributed by atoms with Gasteiger partial charge in [-0.25, -0.2) is 0 Å². The minimum atomic E-state index is -1.12. The van der Waals surface area contributed by atoms with Crippen molar-refractivity contribution < 1.29 is 15.0 Å². The number of aliphatic hydroxyl groups excluding tert-OH is 2. The average molecular weight is 294 g/mol. The highest BCUT2D eigenvalue weighted by Gasteiger charge is 2.21. The van der Waals surface area contributed by atoms with E-state index in [0.717, 1.165) is 5.39 Å². The van der Waals surface area contributed by atoms with Crippen molar-refractivity contribution in [3.05, 3.63) is 47.0 Å². The molecule has 0 aliphatic carbocycles. The van der Waals surface area contributed by atoms with Gasteiger partial charge < -0.3 is 15.5 Å². The van der Waals surface area contributed by atoms with Crippen LogP contribution in [0.1, 0.15) is 18.6 Å². The summed E-state index contributed by atoms with van der Waals surface area (Å²) in [5.41, 5.74) is 0.547. The molecule has 106 valence electrons. The smallest absolute Gasteiger partial charge is 0.216 e. The van der Waals surface area contributed by atoms with Gasteiger partial charge in [-0.3, -0.25) is 4.79 Å². The summed E-state index contributed by atoms with van der Waals surface area (Å²) >= 11 is 6.18. The van der Waals surface area contributed by atoms with Crippen molar-refractivity contribution in [1.82, 2.24) is 5.32 Å². The molecule has 2 atom stereocenters. The fourth-order valence-electron chi connectivity index (χ4n) is 2.14. The van der Waals surface area contributed by atoms with E-state index in [4.69, 9.17) is 11.6 Å². The lowest BCUT2D eigenvalue weighted by Crippen LogP contribution is -2.34. The number of carbonyl (C=O) groups excluding carboxylic acids is 1. The van der Waals surface area contributed by atoms with Crippen LogP contribution < -0.4 is 5.32 Å². The van der Waals surface area contributed by atoms with E-state index >= 15 is 0 Å². The van der Waals surface area contributed by atoms with Crippen LogP contribution in [0, 0.1) is 0 Å². The molecule has 2 aromatic rings. The Kier molecular flexibility index (Phi) is 4.60. The summed E-state index contributed by atoms with van der Waals surface area (Å²) in [5.74, 6) is -0.257. The van der Waals surface area contributed by atoms with Crippen molar-refractivity contribution in [1.29, 1.82) is 0 Å². The predicted molar refractivity (Wildman–Crippen MR) is 78.6 cm³/mol. The SMILES string of the molecule is CC(=O)NCC(O)C(O)c1cccc2cccc(Cl)c12. The first-order valence-electron chi connectivity index (χ1n) is 6.28. The summed E-state index contributed by atoms with van der Waals surface area (Å²) in [6, 6.07) is 10.8. The molecule has 5 heteroatoms. The molecule has 0 bridgehead atoms. The normalized spacial score (nSPS) is 14.0. The van der Waals surface area contributed by atoms with Gasteiger partial charge in [0, 0.05) is 23.9 Å². The van der Waals surface area contributed by atoms with Gasteiger partial charge in [0.15, 0.2) is 0 Å². The van der Waals surface area contributed by atoms with E-state index in [1.54, 1.807) is 18.2 Å². The highest BCUT2D eigenvalue weighted by atomic mass is 35.5. The van der Waals surface area contributed by atoms with Crippen LogP contribution in [0.4, 0.5) is 0 Å². The summed E-state index contributed by atoms with van der Waals surface area (Å²) in [7, 11) is 0. The maximum atomic E-state index is 10.8. The van der Waals surface area contributed by atoms with Crippen molar-refractivity contribution in [3.8, 4) is 0 Å².